The summed E-state index contributed by atoms with van der Waals surface area (Å²) in [6, 6.07) is 10.8. The van der Waals surface area contributed by atoms with E-state index < -0.39 is 26.0 Å². The number of carbonyl (C=O) groups is 1. The Balaban J connectivity index is 1.63. The number of rotatable bonds is 6. The molecular weight excluding hydrogens is 506 g/mol. The van der Waals surface area contributed by atoms with Crippen molar-refractivity contribution in [3.63, 3.8) is 0 Å². The summed E-state index contributed by atoms with van der Waals surface area (Å²) >= 11 is 0. The molecule has 1 aliphatic rings. The van der Waals surface area contributed by atoms with Crippen LogP contribution in [0.1, 0.15) is 21.6 Å². The highest BCUT2D eigenvalue weighted by Crippen LogP contribution is 2.38. The van der Waals surface area contributed by atoms with Crippen LogP contribution in [0, 0.1) is 0 Å². The van der Waals surface area contributed by atoms with E-state index in [-0.39, 0.29) is 15.6 Å². The van der Waals surface area contributed by atoms with Crippen molar-refractivity contribution in [1.82, 2.24) is 19.3 Å². The number of nitrogens with zero attached hydrogens (tertiary/aromatic N) is 4. The Kier molecular flexibility index (Phi) is 5.46. The topological polar surface area (TPSA) is 185 Å². The molecule has 0 fully saturated rings. The molecule has 2 aromatic heterocycles. The number of hydrogen-bond donors (Lipinski definition) is 3. The molecule has 0 unspecified atom stereocenters. The van der Waals surface area contributed by atoms with E-state index in [0.29, 0.717) is 41.0 Å². The van der Waals surface area contributed by atoms with Gasteiger partial charge >= 0.3 is 0 Å². The van der Waals surface area contributed by atoms with E-state index in [2.05, 4.69) is 14.8 Å². The highest BCUT2D eigenvalue weighted by molar-refractivity contribution is 7.92. The highest BCUT2D eigenvalue weighted by atomic mass is 32.2. The molecule has 0 aliphatic heterocycles. The van der Waals surface area contributed by atoms with E-state index in [1.54, 1.807) is 25.2 Å². The van der Waals surface area contributed by atoms with E-state index in [9.17, 15) is 21.6 Å². The fourth-order valence-electron chi connectivity index (χ4n) is 4.20. The largest absolute Gasteiger partial charge is 0.364 e. The molecule has 1 aliphatic carbocycles. The van der Waals surface area contributed by atoms with Crippen LogP contribution >= 0.6 is 0 Å². The zero-order chi connectivity index (χ0) is 25.8. The molecule has 5 rings (SSSR count). The molecule has 0 saturated heterocycles. The lowest BCUT2D eigenvalue weighted by Crippen LogP contribution is -2.16. The van der Waals surface area contributed by atoms with Crippen molar-refractivity contribution in [2.45, 2.75) is 22.8 Å². The van der Waals surface area contributed by atoms with Crippen LogP contribution in [0.2, 0.25) is 0 Å². The number of nitrogens with two attached hydrogens (primary N) is 2. The second kappa shape index (κ2) is 8.29. The number of amides is 1. The number of benzene rings is 2. The Morgan fingerprint density at radius 3 is 2.39 bits per heavy atom. The first-order chi connectivity index (χ1) is 16.9. The molecular formula is C22H21N7O5S2. The number of hydrogen-bond acceptors (Lipinski definition) is 7. The zero-order valence-electron chi connectivity index (χ0n) is 18.9. The van der Waals surface area contributed by atoms with Crippen molar-refractivity contribution in [2.24, 2.45) is 17.9 Å². The minimum Gasteiger partial charge on any atom is -0.364 e. The molecule has 0 saturated carbocycles. The summed E-state index contributed by atoms with van der Waals surface area (Å²) < 4.78 is 54.5. The smallest absolute Gasteiger partial charge is 0.280 e. The standard InChI is InChI=1S/C22H21N7O5S2/c1-28-11-19(25-12-28)36(33,34)27-14-4-2-13-3-9-17-20(22(23)30)26-29(21(17)18(13)10-14)15-5-7-16(8-6-15)35(24,31)32/h2,4-8,10-12,27H,3,9H2,1H3,(H2,23,30)(H2,24,31,32). The van der Waals surface area contributed by atoms with Crippen LogP contribution in [0.3, 0.4) is 0 Å². The van der Waals surface area contributed by atoms with E-state index in [0.717, 1.165) is 5.56 Å². The third-order valence-corrected chi connectivity index (χ3v) is 8.04. The van der Waals surface area contributed by atoms with Crippen LogP contribution in [0.5, 0.6) is 0 Å². The van der Waals surface area contributed by atoms with Gasteiger partial charge in [0, 0.05) is 30.1 Å². The number of sulfonamides is 2. The Morgan fingerprint density at radius 1 is 1.06 bits per heavy atom. The monoisotopic (exact) mass is 527 g/mol. The highest BCUT2D eigenvalue weighted by Gasteiger charge is 2.29. The summed E-state index contributed by atoms with van der Waals surface area (Å²) in [5.41, 5.74) is 9.22. The molecule has 0 bridgehead atoms. The number of primary sulfonamides is 1. The predicted octanol–water partition coefficient (Wildman–Crippen LogP) is 0.918. The normalized spacial score (nSPS) is 13.2. The number of imidazole rings is 1. The number of carbonyl (C=O) groups excluding carboxylic acids is 1. The lowest BCUT2D eigenvalue weighted by molar-refractivity contribution is 0.0994. The number of anilines is 1. The van der Waals surface area contributed by atoms with Gasteiger partial charge in [-0.15, -0.1) is 0 Å². The van der Waals surface area contributed by atoms with E-state index in [1.165, 1.54) is 46.0 Å². The van der Waals surface area contributed by atoms with Gasteiger partial charge in [-0.2, -0.15) is 13.5 Å². The van der Waals surface area contributed by atoms with Crippen LogP contribution in [0.4, 0.5) is 5.69 Å². The van der Waals surface area contributed by atoms with Gasteiger partial charge in [-0.1, -0.05) is 6.07 Å². The molecule has 186 valence electrons. The summed E-state index contributed by atoms with van der Waals surface area (Å²) in [5.74, 6) is -0.707. The molecule has 0 atom stereocenters. The van der Waals surface area contributed by atoms with Crippen molar-refractivity contribution in [3.8, 4) is 16.9 Å². The summed E-state index contributed by atoms with van der Waals surface area (Å²) in [7, 11) is -6.16. The van der Waals surface area contributed by atoms with Crippen LogP contribution in [0.25, 0.3) is 16.9 Å². The summed E-state index contributed by atoms with van der Waals surface area (Å²) in [6.45, 7) is 0. The maximum absolute atomic E-state index is 12.8. The average molecular weight is 528 g/mol. The first-order valence-electron chi connectivity index (χ1n) is 10.6. The molecule has 36 heavy (non-hydrogen) atoms. The van der Waals surface area contributed by atoms with Crippen molar-refractivity contribution in [3.05, 3.63) is 71.8 Å². The van der Waals surface area contributed by atoms with E-state index in [4.69, 9.17) is 10.9 Å². The minimum absolute atomic E-state index is 0.0750. The SMILES string of the molecule is Cn1cnc(S(=O)(=O)Nc2ccc3c(c2)-c2c(c(C(N)=O)nn2-c2ccc(S(N)(=O)=O)cc2)CC3)c1. The molecule has 12 nitrogen and oxygen atoms in total. The number of aryl methyl sites for hydroxylation is 2. The molecule has 14 heteroatoms. The Morgan fingerprint density at radius 2 is 1.78 bits per heavy atom. The predicted molar refractivity (Wildman–Crippen MR) is 130 cm³/mol. The third kappa shape index (κ3) is 4.14. The molecule has 0 radical (unpaired) electrons. The molecule has 5 N–H and O–H groups in total. The molecule has 2 heterocycles. The number of fused-ring (bicyclic) bond motifs is 3. The molecule has 2 aromatic carbocycles. The van der Waals surface area contributed by atoms with Gasteiger partial charge in [0.05, 0.1) is 22.6 Å². The molecule has 0 spiro atoms. The van der Waals surface area contributed by atoms with Gasteiger partial charge < -0.3 is 10.3 Å². The van der Waals surface area contributed by atoms with Gasteiger partial charge in [0.1, 0.15) is 0 Å². The molecule has 1 amide bonds. The second-order valence-corrected chi connectivity index (χ2v) is 11.5. The van der Waals surface area contributed by atoms with E-state index in [1.807, 2.05) is 0 Å². The fourth-order valence-corrected chi connectivity index (χ4v) is 5.75. The number of primary amides is 1. The quantitative estimate of drug-likeness (QED) is 0.333. The van der Waals surface area contributed by atoms with Crippen molar-refractivity contribution >= 4 is 31.6 Å². The lowest BCUT2D eigenvalue weighted by atomic mass is 9.88. The maximum Gasteiger partial charge on any atom is 0.280 e. The van der Waals surface area contributed by atoms with Gasteiger partial charge in [0.25, 0.3) is 15.9 Å². The first kappa shape index (κ1) is 23.7. The van der Waals surface area contributed by atoms with Crippen molar-refractivity contribution < 1.29 is 21.6 Å². The second-order valence-electron chi connectivity index (χ2n) is 8.35. The van der Waals surface area contributed by atoms with E-state index >= 15 is 0 Å². The summed E-state index contributed by atoms with van der Waals surface area (Å²) in [6.07, 6.45) is 3.86. The summed E-state index contributed by atoms with van der Waals surface area (Å²) in [5, 5.41) is 9.49. The van der Waals surface area contributed by atoms with Crippen molar-refractivity contribution in [1.29, 1.82) is 0 Å². The average Bonchev–Trinajstić information content (AvgIpc) is 3.43. The summed E-state index contributed by atoms with van der Waals surface area (Å²) in [4.78, 5) is 16.0. The Labute approximate surface area is 206 Å². The minimum atomic E-state index is -3.93. The van der Waals surface area contributed by atoms with Crippen LogP contribution in [0.15, 0.2) is 64.9 Å². The van der Waals surface area contributed by atoms with Crippen LogP contribution in [-0.4, -0.2) is 42.1 Å². The maximum atomic E-state index is 12.8. The van der Waals surface area contributed by atoms with Gasteiger partial charge in [0.15, 0.2) is 10.7 Å². The van der Waals surface area contributed by atoms with Crippen molar-refractivity contribution in [2.75, 3.05) is 4.72 Å². The first-order valence-corrected chi connectivity index (χ1v) is 13.7. The molecule has 4 aromatic rings. The Hall–Kier alpha value is -4.01. The van der Waals surface area contributed by atoms with Gasteiger partial charge in [-0.25, -0.2) is 23.2 Å². The Bertz CT molecular complexity index is 1740. The van der Waals surface area contributed by atoms with Crippen LogP contribution < -0.4 is 15.6 Å². The third-order valence-electron chi connectivity index (χ3n) is 5.84. The zero-order valence-corrected chi connectivity index (χ0v) is 20.5. The van der Waals surface area contributed by atoms with Gasteiger partial charge in [-0.3, -0.25) is 9.52 Å². The van der Waals surface area contributed by atoms with Crippen LogP contribution in [-0.2, 0) is 39.9 Å². The van der Waals surface area contributed by atoms with Gasteiger partial charge in [-0.05, 0) is 54.8 Å². The number of nitrogens with one attached hydrogen (secondary N) is 1. The lowest BCUT2D eigenvalue weighted by Gasteiger charge is -2.20. The number of aromatic nitrogens is 4. The van der Waals surface area contributed by atoms with Gasteiger partial charge in [0.2, 0.25) is 10.0 Å². The fraction of sp³-hybridized carbons (Fsp3) is 0.136.